The minimum absolute atomic E-state index is 0.337. The molecule has 32 heavy (non-hydrogen) atoms. The minimum Gasteiger partial charge on any atom is -0.495 e. The molecule has 0 spiro atoms. The van der Waals surface area contributed by atoms with E-state index in [0.717, 1.165) is 0 Å². The van der Waals surface area contributed by atoms with E-state index in [9.17, 15) is 14.0 Å². The Bertz CT molecular complexity index is 1350. The van der Waals surface area contributed by atoms with Crippen molar-refractivity contribution < 1.29 is 13.9 Å². The van der Waals surface area contributed by atoms with Gasteiger partial charge >= 0.3 is 0 Å². The molecule has 2 aromatic carbocycles. The number of carbonyl (C=O) groups excluding carboxylic acids is 1. The van der Waals surface area contributed by atoms with Gasteiger partial charge < -0.3 is 10.1 Å². The number of hydrogen-bond donors (Lipinski definition) is 1. The molecule has 164 valence electrons. The Labute approximate surface area is 192 Å². The van der Waals surface area contributed by atoms with Crippen LogP contribution in [-0.2, 0) is 4.79 Å². The number of nitrogens with zero attached hydrogens (tertiary/aromatic N) is 2. The summed E-state index contributed by atoms with van der Waals surface area (Å²) in [4.78, 5) is 31.5. The zero-order chi connectivity index (χ0) is 22.8. The fourth-order valence-electron chi connectivity index (χ4n) is 3.51. The maximum Gasteiger partial charge on any atom is 0.263 e. The second-order valence-corrected chi connectivity index (χ2v) is 8.35. The van der Waals surface area contributed by atoms with Crippen LogP contribution in [0.15, 0.2) is 59.0 Å². The Balaban J connectivity index is 1.74. The average molecular weight is 472 g/mol. The van der Waals surface area contributed by atoms with Gasteiger partial charge in [0.2, 0.25) is 5.91 Å². The van der Waals surface area contributed by atoms with Crippen molar-refractivity contribution in [2.75, 3.05) is 12.4 Å². The van der Waals surface area contributed by atoms with Gasteiger partial charge in [0.15, 0.2) is 0 Å². The highest BCUT2D eigenvalue weighted by atomic mass is 35.5. The number of aromatic nitrogens is 2. The molecule has 0 radical (unpaired) electrons. The zero-order valence-corrected chi connectivity index (χ0v) is 18.8. The average Bonchev–Trinajstić information content (AvgIpc) is 3.21. The summed E-state index contributed by atoms with van der Waals surface area (Å²) < 4.78 is 20.0. The summed E-state index contributed by atoms with van der Waals surface area (Å²) in [5.74, 6) is -0.298. The fourth-order valence-corrected chi connectivity index (χ4v) is 4.59. The topological polar surface area (TPSA) is 73.2 Å². The number of ether oxygens (including phenoxy) is 1. The third-order valence-corrected chi connectivity index (χ3v) is 6.24. The van der Waals surface area contributed by atoms with Gasteiger partial charge in [0, 0.05) is 16.0 Å². The van der Waals surface area contributed by atoms with Crippen molar-refractivity contribution in [3.8, 4) is 16.9 Å². The molecule has 0 saturated heterocycles. The van der Waals surface area contributed by atoms with Crippen LogP contribution in [0.1, 0.15) is 19.4 Å². The van der Waals surface area contributed by atoms with Gasteiger partial charge in [-0.15, -0.1) is 11.3 Å². The third kappa shape index (κ3) is 4.11. The molecule has 0 aliphatic heterocycles. The summed E-state index contributed by atoms with van der Waals surface area (Å²) in [6.45, 7) is 1.81. The SMILES string of the molecule is CCC(C(=O)Nc1cc(Cl)ccc1OC)n1cnc2scc(-c3ccc(F)cc3)c2c1=O. The number of halogens is 2. The second-order valence-electron chi connectivity index (χ2n) is 7.05. The minimum atomic E-state index is -0.802. The monoisotopic (exact) mass is 471 g/mol. The Hall–Kier alpha value is -3.23. The van der Waals surface area contributed by atoms with Gasteiger partial charge in [0.1, 0.15) is 22.4 Å². The van der Waals surface area contributed by atoms with E-state index in [1.54, 1.807) is 30.3 Å². The normalized spacial score (nSPS) is 12.0. The largest absolute Gasteiger partial charge is 0.495 e. The first-order chi connectivity index (χ1) is 15.4. The second kappa shape index (κ2) is 9.10. The molecule has 1 unspecified atom stereocenters. The first-order valence-electron chi connectivity index (χ1n) is 9.81. The van der Waals surface area contributed by atoms with Crippen LogP contribution in [0.4, 0.5) is 10.1 Å². The highest BCUT2D eigenvalue weighted by Gasteiger charge is 2.23. The molecule has 0 aliphatic rings. The molecule has 4 rings (SSSR count). The zero-order valence-electron chi connectivity index (χ0n) is 17.3. The van der Waals surface area contributed by atoms with Crippen LogP contribution >= 0.6 is 22.9 Å². The van der Waals surface area contributed by atoms with Crippen LogP contribution in [-0.4, -0.2) is 22.6 Å². The van der Waals surface area contributed by atoms with E-state index in [0.29, 0.717) is 44.2 Å². The molecule has 1 atom stereocenters. The van der Waals surface area contributed by atoms with Crippen LogP contribution in [0.25, 0.3) is 21.3 Å². The predicted molar refractivity (Wildman–Crippen MR) is 125 cm³/mol. The maximum atomic E-state index is 13.4. The molecular formula is C23H19ClFN3O3S. The van der Waals surface area contributed by atoms with Crippen molar-refractivity contribution in [2.45, 2.75) is 19.4 Å². The van der Waals surface area contributed by atoms with E-state index in [1.165, 1.54) is 41.5 Å². The van der Waals surface area contributed by atoms with Crippen molar-refractivity contribution >= 4 is 44.7 Å². The molecule has 0 fully saturated rings. The van der Waals surface area contributed by atoms with Gasteiger partial charge in [-0.2, -0.15) is 0 Å². The molecular weight excluding hydrogens is 453 g/mol. The molecule has 0 bridgehead atoms. The fraction of sp³-hybridized carbons (Fsp3) is 0.174. The summed E-state index contributed by atoms with van der Waals surface area (Å²) in [5.41, 5.74) is 1.43. The molecule has 1 amide bonds. The standard InChI is InChI=1S/C23H19ClFN3O3S/c1-3-18(21(29)27-17-10-14(24)6-9-19(17)31-2)28-12-26-22-20(23(28)30)16(11-32-22)13-4-7-15(25)8-5-13/h4-12,18H,3H2,1-2H3,(H,27,29). The molecule has 1 N–H and O–H groups in total. The van der Waals surface area contributed by atoms with Crippen LogP contribution in [0.3, 0.4) is 0 Å². The number of fused-ring (bicyclic) bond motifs is 1. The highest BCUT2D eigenvalue weighted by Crippen LogP contribution is 2.32. The van der Waals surface area contributed by atoms with Crippen LogP contribution in [0, 0.1) is 5.82 Å². The molecule has 2 heterocycles. The molecule has 0 aliphatic carbocycles. The van der Waals surface area contributed by atoms with Gasteiger partial charge in [-0.05, 0) is 42.3 Å². The number of rotatable bonds is 6. The summed E-state index contributed by atoms with van der Waals surface area (Å²) in [7, 11) is 1.49. The molecule has 4 aromatic rings. The quantitative estimate of drug-likeness (QED) is 0.402. The summed E-state index contributed by atoms with van der Waals surface area (Å²) in [6, 6.07) is 10.0. The van der Waals surface area contributed by atoms with E-state index >= 15 is 0 Å². The predicted octanol–water partition coefficient (Wildman–Crippen LogP) is 5.52. The first-order valence-corrected chi connectivity index (χ1v) is 11.1. The lowest BCUT2D eigenvalue weighted by molar-refractivity contribution is -0.119. The van der Waals surface area contributed by atoms with E-state index in [4.69, 9.17) is 16.3 Å². The number of hydrogen-bond acceptors (Lipinski definition) is 5. The lowest BCUT2D eigenvalue weighted by atomic mass is 10.1. The van der Waals surface area contributed by atoms with Crippen LogP contribution < -0.4 is 15.6 Å². The highest BCUT2D eigenvalue weighted by molar-refractivity contribution is 7.17. The van der Waals surface area contributed by atoms with Crippen LogP contribution in [0.2, 0.25) is 5.02 Å². The van der Waals surface area contributed by atoms with Crippen molar-refractivity contribution in [1.29, 1.82) is 0 Å². The Kier molecular flexibility index (Phi) is 6.25. The number of thiophene rings is 1. The maximum absolute atomic E-state index is 13.4. The lowest BCUT2D eigenvalue weighted by Gasteiger charge is -2.19. The summed E-state index contributed by atoms with van der Waals surface area (Å²) in [6.07, 6.45) is 1.75. The van der Waals surface area contributed by atoms with Gasteiger partial charge in [0.25, 0.3) is 5.56 Å². The third-order valence-electron chi connectivity index (χ3n) is 5.12. The number of anilines is 1. The van der Waals surface area contributed by atoms with E-state index in [-0.39, 0.29) is 11.4 Å². The van der Waals surface area contributed by atoms with Crippen molar-refractivity contribution in [3.63, 3.8) is 0 Å². The first kappa shape index (κ1) is 22.0. The van der Waals surface area contributed by atoms with Gasteiger partial charge in [0.05, 0.1) is 24.5 Å². The number of methoxy groups -OCH3 is 1. The Morgan fingerprint density at radius 3 is 2.72 bits per heavy atom. The number of carbonyl (C=O) groups is 1. The Morgan fingerprint density at radius 2 is 2.03 bits per heavy atom. The molecule has 6 nitrogen and oxygen atoms in total. The summed E-state index contributed by atoms with van der Waals surface area (Å²) in [5, 5.41) is 5.45. The van der Waals surface area contributed by atoms with Gasteiger partial charge in [-0.3, -0.25) is 14.2 Å². The van der Waals surface area contributed by atoms with Crippen molar-refractivity contribution in [3.05, 3.63) is 75.4 Å². The van der Waals surface area contributed by atoms with E-state index in [1.807, 2.05) is 12.3 Å². The number of amides is 1. The molecule has 2 aromatic heterocycles. The number of nitrogens with one attached hydrogen (secondary N) is 1. The van der Waals surface area contributed by atoms with Crippen LogP contribution in [0.5, 0.6) is 5.75 Å². The Morgan fingerprint density at radius 1 is 1.28 bits per heavy atom. The smallest absolute Gasteiger partial charge is 0.263 e. The van der Waals surface area contributed by atoms with Crippen molar-refractivity contribution in [2.24, 2.45) is 0 Å². The van der Waals surface area contributed by atoms with E-state index < -0.39 is 11.9 Å². The number of benzene rings is 2. The molecule has 0 saturated carbocycles. The molecule has 9 heteroatoms. The van der Waals surface area contributed by atoms with E-state index in [2.05, 4.69) is 10.3 Å². The van der Waals surface area contributed by atoms with Gasteiger partial charge in [-0.25, -0.2) is 9.37 Å². The lowest BCUT2D eigenvalue weighted by Crippen LogP contribution is -2.33. The van der Waals surface area contributed by atoms with Crippen molar-refractivity contribution in [1.82, 2.24) is 9.55 Å². The summed E-state index contributed by atoms with van der Waals surface area (Å²) >= 11 is 7.38. The van der Waals surface area contributed by atoms with Gasteiger partial charge in [-0.1, -0.05) is 30.7 Å².